The largest absolute Gasteiger partial charge is 0.331 e. The van der Waals surface area contributed by atoms with E-state index < -0.39 is 0 Å². The molecule has 3 heterocycles. The fraction of sp³-hybridized carbons (Fsp3) is 0.346. The van der Waals surface area contributed by atoms with Gasteiger partial charge < -0.3 is 9.88 Å². The van der Waals surface area contributed by atoms with Crippen molar-refractivity contribution in [2.45, 2.75) is 52.1 Å². The van der Waals surface area contributed by atoms with Crippen LogP contribution in [0.3, 0.4) is 0 Å². The minimum atomic E-state index is -0.276. The molecule has 0 unspecified atom stereocenters. The molecule has 2 aromatic heterocycles. The Labute approximate surface area is 206 Å². The first-order valence-electron chi connectivity index (χ1n) is 12.0. The summed E-state index contributed by atoms with van der Waals surface area (Å²) >= 11 is 6.07. The predicted molar refractivity (Wildman–Crippen MR) is 136 cm³/mol. The lowest BCUT2D eigenvalue weighted by atomic mass is 10.1. The van der Waals surface area contributed by atoms with Gasteiger partial charge in [-0.2, -0.15) is 0 Å². The first-order chi connectivity index (χ1) is 16.9. The molecular formula is C26H26ClN5O3. The molecule has 0 radical (unpaired) electrons. The zero-order chi connectivity index (χ0) is 24.5. The summed E-state index contributed by atoms with van der Waals surface area (Å²) in [6, 6.07) is 9.98. The molecule has 0 atom stereocenters. The summed E-state index contributed by atoms with van der Waals surface area (Å²) in [6.07, 6.45) is 4.54. The van der Waals surface area contributed by atoms with Crippen molar-refractivity contribution < 1.29 is 4.79 Å². The Kier molecular flexibility index (Phi) is 6.38. The topological polar surface area (TPSA) is 101 Å². The number of nitrogens with zero attached hydrogens (tertiary/aromatic N) is 4. The Hall–Kier alpha value is -3.52. The Balaban J connectivity index is 1.49. The van der Waals surface area contributed by atoms with E-state index in [2.05, 4.69) is 9.97 Å². The molecule has 4 aromatic rings. The molecule has 180 valence electrons. The number of rotatable bonds is 5. The van der Waals surface area contributed by atoms with Gasteiger partial charge in [0.2, 0.25) is 0 Å². The highest BCUT2D eigenvalue weighted by Crippen LogP contribution is 2.19. The molecular weight excluding hydrogens is 466 g/mol. The summed E-state index contributed by atoms with van der Waals surface area (Å²) in [4.78, 5) is 52.7. The van der Waals surface area contributed by atoms with E-state index in [9.17, 15) is 14.4 Å². The number of hydrogen-bond acceptors (Lipinski definition) is 5. The van der Waals surface area contributed by atoms with Crippen LogP contribution in [0, 0.1) is 0 Å². The SMILES string of the molecule is CCCN(Cc1nc2cc(Cl)ccc2c(=O)[nH]1)C(=O)c1ccc2c(=O)n3c(nc2c1)CCCCC3. The van der Waals surface area contributed by atoms with Gasteiger partial charge in [-0.3, -0.25) is 19.0 Å². The number of benzene rings is 2. The van der Waals surface area contributed by atoms with Crippen LogP contribution in [0.4, 0.5) is 0 Å². The molecule has 5 rings (SSSR count). The summed E-state index contributed by atoms with van der Waals surface area (Å²) in [6.45, 7) is 3.29. The molecule has 8 nitrogen and oxygen atoms in total. The number of aryl methyl sites for hydroxylation is 1. The molecule has 0 fully saturated rings. The van der Waals surface area contributed by atoms with Gasteiger partial charge in [-0.25, -0.2) is 9.97 Å². The number of carbonyl (C=O) groups excluding carboxylic acids is 1. The van der Waals surface area contributed by atoms with Gasteiger partial charge in [0, 0.05) is 30.1 Å². The maximum Gasteiger partial charge on any atom is 0.261 e. The molecule has 9 heteroatoms. The van der Waals surface area contributed by atoms with Crippen LogP contribution in [0.2, 0.25) is 5.02 Å². The maximum atomic E-state index is 13.5. The van der Waals surface area contributed by atoms with Crippen LogP contribution in [0.5, 0.6) is 0 Å². The number of H-pyrrole nitrogens is 1. The van der Waals surface area contributed by atoms with Gasteiger partial charge in [0.05, 0.1) is 28.4 Å². The molecule has 2 aromatic carbocycles. The van der Waals surface area contributed by atoms with Crippen molar-refractivity contribution in [2.24, 2.45) is 0 Å². The van der Waals surface area contributed by atoms with E-state index in [0.29, 0.717) is 51.3 Å². The van der Waals surface area contributed by atoms with Crippen molar-refractivity contribution in [2.75, 3.05) is 6.54 Å². The van der Waals surface area contributed by atoms with Gasteiger partial charge in [-0.1, -0.05) is 24.9 Å². The van der Waals surface area contributed by atoms with Crippen LogP contribution in [0.1, 0.15) is 54.6 Å². The minimum Gasteiger partial charge on any atom is -0.331 e. The fourth-order valence-electron chi connectivity index (χ4n) is 4.67. The van der Waals surface area contributed by atoms with E-state index in [1.54, 1.807) is 45.9 Å². The molecule has 35 heavy (non-hydrogen) atoms. The van der Waals surface area contributed by atoms with E-state index in [0.717, 1.165) is 37.9 Å². The smallest absolute Gasteiger partial charge is 0.261 e. The second kappa shape index (κ2) is 9.62. The molecule has 1 aliphatic rings. The minimum absolute atomic E-state index is 0.0482. The van der Waals surface area contributed by atoms with Crippen LogP contribution in [0.15, 0.2) is 46.0 Å². The maximum absolute atomic E-state index is 13.5. The summed E-state index contributed by atoms with van der Waals surface area (Å²) in [7, 11) is 0. The standard InChI is InChI=1S/C26H26ClN5O3/c1-2-11-31(15-22-28-21-14-17(27)8-10-18(21)24(33)30-22)25(34)16-7-9-19-20(13-16)29-23-6-4-3-5-12-32(23)26(19)35/h7-10,13-14H,2-6,11-12,15H2,1H3,(H,28,30,33). The quantitative estimate of drug-likeness (QED) is 0.453. The van der Waals surface area contributed by atoms with E-state index in [1.807, 2.05) is 6.92 Å². The van der Waals surface area contributed by atoms with Crippen molar-refractivity contribution in [3.05, 3.63) is 79.3 Å². The summed E-state index contributed by atoms with van der Waals surface area (Å²) in [5.74, 6) is 0.958. The van der Waals surface area contributed by atoms with Gasteiger partial charge in [0.1, 0.15) is 11.6 Å². The van der Waals surface area contributed by atoms with E-state index in [4.69, 9.17) is 16.6 Å². The normalized spacial score (nSPS) is 13.5. The Morgan fingerprint density at radius 2 is 1.86 bits per heavy atom. The lowest BCUT2D eigenvalue weighted by Crippen LogP contribution is -2.33. The van der Waals surface area contributed by atoms with Crippen LogP contribution in [-0.2, 0) is 19.5 Å². The number of halogens is 1. The third kappa shape index (κ3) is 4.58. The predicted octanol–water partition coefficient (Wildman–Crippen LogP) is 4.07. The van der Waals surface area contributed by atoms with Crippen molar-refractivity contribution >= 4 is 39.3 Å². The molecule has 1 aliphatic heterocycles. The number of fused-ring (bicyclic) bond motifs is 3. The van der Waals surface area contributed by atoms with Crippen molar-refractivity contribution in [3.63, 3.8) is 0 Å². The lowest BCUT2D eigenvalue weighted by molar-refractivity contribution is 0.0739. The third-order valence-corrected chi connectivity index (χ3v) is 6.64. The average molecular weight is 492 g/mol. The molecule has 1 amide bonds. The van der Waals surface area contributed by atoms with Crippen molar-refractivity contribution in [1.82, 2.24) is 24.4 Å². The van der Waals surface area contributed by atoms with Crippen molar-refractivity contribution in [3.8, 4) is 0 Å². The highest BCUT2D eigenvalue weighted by Gasteiger charge is 2.20. The molecule has 0 aliphatic carbocycles. The van der Waals surface area contributed by atoms with Gasteiger partial charge in [0.15, 0.2) is 0 Å². The van der Waals surface area contributed by atoms with Crippen molar-refractivity contribution in [1.29, 1.82) is 0 Å². The number of aromatic nitrogens is 4. The average Bonchev–Trinajstić information content (AvgIpc) is 3.08. The van der Waals surface area contributed by atoms with Gasteiger partial charge in [-0.05, 0) is 55.7 Å². The first kappa shape index (κ1) is 23.2. The van der Waals surface area contributed by atoms with Crippen LogP contribution in [0.25, 0.3) is 21.8 Å². The molecule has 0 saturated carbocycles. The van der Waals surface area contributed by atoms with E-state index >= 15 is 0 Å². The number of aromatic amines is 1. The molecule has 1 N–H and O–H groups in total. The zero-order valence-electron chi connectivity index (χ0n) is 19.5. The Bertz CT molecular complexity index is 1560. The van der Waals surface area contributed by atoms with Gasteiger partial charge in [-0.15, -0.1) is 0 Å². The van der Waals surface area contributed by atoms with E-state index in [-0.39, 0.29) is 23.6 Å². The molecule has 0 bridgehead atoms. The second-order valence-electron chi connectivity index (χ2n) is 8.93. The highest BCUT2D eigenvalue weighted by molar-refractivity contribution is 6.31. The lowest BCUT2D eigenvalue weighted by Gasteiger charge is -2.22. The zero-order valence-corrected chi connectivity index (χ0v) is 20.3. The Morgan fingerprint density at radius 1 is 1.06 bits per heavy atom. The Morgan fingerprint density at radius 3 is 2.69 bits per heavy atom. The highest BCUT2D eigenvalue weighted by atomic mass is 35.5. The van der Waals surface area contributed by atoms with E-state index in [1.165, 1.54) is 0 Å². The van der Waals surface area contributed by atoms with Gasteiger partial charge >= 0.3 is 0 Å². The summed E-state index contributed by atoms with van der Waals surface area (Å²) < 4.78 is 1.77. The van der Waals surface area contributed by atoms with Crippen LogP contribution < -0.4 is 11.1 Å². The number of hydrogen-bond donors (Lipinski definition) is 1. The second-order valence-corrected chi connectivity index (χ2v) is 9.36. The number of nitrogens with one attached hydrogen (secondary N) is 1. The van der Waals surface area contributed by atoms with Crippen LogP contribution >= 0.6 is 11.6 Å². The monoisotopic (exact) mass is 491 g/mol. The van der Waals surface area contributed by atoms with Crippen LogP contribution in [-0.4, -0.2) is 36.9 Å². The van der Waals surface area contributed by atoms with Gasteiger partial charge in [0.25, 0.3) is 17.0 Å². The summed E-state index contributed by atoms with van der Waals surface area (Å²) in [5, 5.41) is 1.45. The first-order valence-corrected chi connectivity index (χ1v) is 12.3. The fourth-order valence-corrected chi connectivity index (χ4v) is 4.84. The number of carbonyl (C=O) groups is 1. The molecule has 0 spiro atoms. The summed E-state index contributed by atoms with van der Waals surface area (Å²) in [5.41, 5.74) is 1.14. The number of amides is 1. The molecule has 0 saturated heterocycles. The third-order valence-electron chi connectivity index (χ3n) is 6.40.